The first-order valence-corrected chi connectivity index (χ1v) is 3.91. The van der Waals surface area contributed by atoms with E-state index in [1.807, 2.05) is 19.1 Å². The molecule has 0 saturated heterocycles. The van der Waals surface area contributed by atoms with Gasteiger partial charge in [-0.15, -0.1) is 0 Å². The van der Waals surface area contributed by atoms with Gasteiger partial charge in [-0.1, -0.05) is 26.0 Å². The van der Waals surface area contributed by atoms with Crippen LogP contribution in [0.1, 0.15) is 30.9 Å². The number of hydrogen-bond donors (Lipinski definition) is 1. The van der Waals surface area contributed by atoms with E-state index in [0.717, 1.165) is 5.56 Å². The third-order valence-corrected chi connectivity index (χ3v) is 1.90. The molecule has 0 atom stereocenters. The fraction of sp³-hybridized carbons (Fsp3) is 0.400. The summed E-state index contributed by atoms with van der Waals surface area (Å²) in [5, 5.41) is 9.35. The van der Waals surface area contributed by atoms with E-state index in [2.05, 4.69) is 19.9 Å². The van der Waals surface area contributed by atoms with E-state index in [0.29, 0.717) is 11.7 Å². The molecular formula is C10H14NaO. The molecule has 0 fully saturated rings. The Balaban J connectivity index is 0.00000121. The molecule has 12 heavy (non-hydrogen) atoms. The first-order valence-electron chi connectivity index (χ1n) is 3.91. The maximum Gasteiger partial charge on any atom is 0.118 e. The van der Waals surface area contributed by atoms with E-state index in [-0.39, 0.29) is 29.6 Å². The van der Waals surface area contributed by atoms with Crippen molar-refractivity contribution in [3.8, 4) is 5.75 Å². The minimum atomic E-state index is 0. The van der Waals surface area contributed by atoms with Crippen molar-refractivity contribution in [1.29, 1.82) is 0 Å². The normalized spacial score (nSPS) is 9.67. The zero-order valence-electron chi connectivity index (χ0n) is 8.26. The van der Waals surface area contributed by atoms with Gasteiger partial charge in [0.1, 0.15) is 5.75 Å². The van der Waals surface area contributed by atoms with E-state index in [9.17, 15) is 5.11 Å². The van der Waals surface area contributed by atoms with Gasteiger partial charge in [0, 0.05) is 29.6 Å². The third kappa shape index (κ3) is 2.81. The summed E-state index contributed by atoms with van der Waals surface area (Å²) in [5.74, 6) is 0.887. The second-order valence-corrected chi connectivity index (χ2v) is 3.20. The van der Waals surface area contributed by atoms with Crippen LogP contribution >= 0.6 is 0 Å². The zero-order valence-corrected chi connectivity index (χ0v) is 10.3. The molecule has 0 aliphatic carbocycles. The summed E-state index contributed by atoms with van der Waals surface area (Å²) in [6.45, 7) is 6.13. The number of phenolic OH excluding ortho intramolecular Hbond substituents is 1. The summed E-state index contributed by atoms with van der Waals surface area (Å²) in [7, 11) is 0. The molecule has 0 spiro atoms. The molecule has 0 aliphatic rings. The minimum Gasteiger partial charge on any atom is -0.508 e. The molecule has 0 saturated carbocycles. The smallest absolute Gasteiger partial charge is 0.118 e. The molecule has 0 aromatic heterocycles. The first-order chi connectivity index (χ1) is 5.11. The number of rotatable bonds is 1. The quantitative estimate of drug-likeness (QED) is 0.647. The predicted molar refractivity (Wildman–Crippen MR) is 52.7 cm³/mol. The molecule has 1 radical (unpaired) electrons. The Morgan fingerprint density at radius 1 is 1.25 bits per heavy atom. The maximum atomic E-state index is 9.35. The van der Waals surface area contributed by atoms with Crippen LogP contribution in [-0.2, 0) is 0 Å². The Labute approximate surface area is 96.1 Å². The van der Waals surface area contributed by atoms with E-state index >= 15 is 0 Å². The van der Waals surface area contributed by atoms with Gasteiger partial charge in [-0.05, 0) is 30.0 Å². The molecular weight excluding hydrogens is 159 g/mol. The van der Waals surface area contributed by atoms with Crippen molar-refractivity contribution < 1.29 is 5.11 Å². The fourth-order valence-electron chi connectivity index (χ4n) is 0.986. The Kier molecular flexibility index (Phi) is 4.91. The van der Waals surface area contributed by atoms with Crippen LogP contribution in [0.2, 0.25) is 0 Å². The Morgan fingerprint density at radius 2 is 1.83 bits per heavy atom. The third-order valence-electron chi connectivity index (χ3n) is 1.90. The van der Waals surface area contributed by atoms with Crippen molar-refractivity contribution >= 4 is 29.6 Å². The van der Waals surface area contributed by atoms with Gasteiger partial charge >= 0.3 is 0 Å². The number of hydrogen-bond acceptors (Lipinski definition) is 1. The van der Waals surface area contributed by atoms with E-state index in [4.69, 9.17) is 0 Å². The Bertz CT molecular complexity index is 256. The molecule has 0 bridgehead atoms. The largest absolute Gasteiger partial charge is 0.508 e. The second kappa shape index (κ2) is 4.90. The van der Waals surface area contributed by atoms with Crippen LogP contribution in [0.3, 0.4) is 0 Å². The number of aryl methyl sites for hydroxylation is 1. The monoisotopic (exact) mass is 173 g/mol. The van der Waals surface area contributed by atoms with E-state index in [1.54, 1.807) is 0 Å². The Hall–Kier alpha value is 0.0200. The van der Waals surface area contributed by atoms with Crippen LogP contribution in [0.4, 0.5) is 0 Å². The van der Waals surface area contributed by atoms with Crippen LogP contribution in [-0.4, -0.2) is 34.7 Å². The van der Waals surface area contributed by atoms with Crippen LogP contribution in [0.15, 0.2) is 18.2 Å². The summed E-state index contributed by atoms with van der Waals surface area (Å²) in [6.07, 6.45) is 0. The van der Waals surface area contributed by atoms with Crippen molar-refractivity contribution in [3.05, 3.63) is 29.3 Å². The molecule has 0 unspecified atom stereocenters. The SMILES string of the molecule is Cc1ccc(C(C)C)cc1O.[Na]. The minimum absolute atomic E-state index is 0. The second-order valence-electron chi connectivity index (χ2n) is 3.20. The van der Waals surface area contributed by atoms with Crippen molar-refractivity contribution in [1.82, 2.24) is 0 Å². The van der Waals surface area contributed by atoms with Gasteiger partial charge in [-0.3, -0.25) is 0 Å². The molecule has 1 nitrogen and oxygen atoms in total. The topological polar surface area (TPSA) is 20.2 Å². The van der Waals surface area contributed by atoms with Gasteiger partial charge in [-0.25, -0.2) is 0 Å². The average Bonchev–Trinajstić information content (AvgIpc) is 1.94. The van der Waals surface area contributed by atoms with E-state index < -0.39 is 0 Å². The molecule has 1 aromatic carbocycles. The van der Waals surface area contributed by atoms with Crippen LogP contribution in [0.5, 0.6) is 5.75 Å². The molecule has 0 aliphatic heterocycles. The van der Waals surface area contributed by atoms with Crippen molar-refractivity contribution in [2.75, 3.05) is 0 Å². The average molecular weight is 173 g/mol. The molecule has 1 N–H and O–H groups in total. The van der Waals surface area contributed by atoms with Crippen LogP contribution in [0, 0.1) is 6.92 Å². The van der Waals surface area contributed by atoms with Crippen molar-refractivity contribution in [2.45, 2.75) is 26.7 Å². The van der Waals surface area contributed by atoms with Gasteiger partial charge < -0.3 is 5.11 Å². The number of aromatic hydroxyl groups is 1. The van der Waals surface area contributed by atoms with Crippen LogP contribution < -0.4 is 0 Å². The molecule has 2 heteroatoms. The van der Waals surface area contributed by atoms with Crippen molar-refractivity contribution in [3.63, 3.8) is 0 Å². The van der Waals surface area contributed by atoms with Gasteiger partial charge in [0.15, 0.2) is 0 Å². The molecule has 0 amide bonds. The van der Waals surface area contributed by atoms with Crippen LogP contribution in [0.25, 0.3) is 0 Å². The zero-order chi connectivity index (χ0) is 8.43. The van der Waals surface area contributed by atoms with E-state index in [1.165, 1.54) is 5.56 Å². The van der Waals surface area contributed by atoms with Gasteiger partial charge in [0.25, 0.3) is 0 Å². The molecule has 0 heterocycles. The van der Waals surface area contributed by atoms with Crippen molar-refractivity contribution in [2.24, 2.45) is 0 Å². The summed E-state index contributed by atoms with van der Waals surface area (Å²) >= 11 is 0. The predicted octanol–water partition coefficient (Wildman–Crippen LogP) is 2.44. The number of phenols is 1. The summed E-state index contributed by atoms with van der Waals surface area (Å²) < 4.78 is 0. The molecule has 1 rings (SSSR count). The molecule has 1 aromatic rings. The summed E-state index contributed by atoms with van der Waals surface area (Å²) in [6, 6.07) is 5.84. The summed E-state index contributed by atoms with van der Waals surface area (Å²) in [4.78, 5) is 0. The van der Waals surface area contributed by atoms with Gasteiger partial charge in [-0.2, -0.15) is 0 Å². The van der Waals surface area contributed by atoms with Gasteiger partial charge in [0.05, 0.1) is 0 Å². The standard InChI is InChI=1S/C10H14O.Na/c1-7(2)9-5-4-8(3)10(11)6-9;/h4-7,11H,1-3H3;. The summed E-state index contributed by atoms with van der Waals surface area (Å²) in [5.41, 5.74) is 2.13. The first kappa shape index (κ1) is 12.0. The van der Waals surface area contributed by atoms with Gasteiger partial charge in [0.2, 0.25) is 0 Å². The Morgan fingerprint density at radius 3 is 2.25 bits per heavy atom. The maximum absolute atomic E-state index is 9.35. The molecule has 61 valence electrons. The number of benzene rings is 1. The fourth-order valence-corrected chi connectivity index (χ4v) is 0.986.